The smallest absolute Gasteiger partial charge is 0.210 e. The van der Waals surface area contributed by atoms with E-state index in [9.17, 15) is 13.6 Å². The Morgan fingerprint density at radius 2 is 1.38 bits per heavy atom. The zero-order valence-electron chi connectivity index (χ0n) is 17.0. The van der Waals surface area contributed by atoms with Gasteiger partial charge in [0, 0.05) is 16.7 Å². The molecular formula is C24H17F2N3O2S. The molecule has 0 radical (unpaired) electrons. The first-order valence-corrected chi connectivity index (χ1v) is 10.6. The van der Waals surface area contributed by atoms with Crippen molar-refractivity contribution in [2.24, 2.45) is 0 Å². The molecule has 0 unspecified atom stereocenters. The predicted octanol–water partition coefficient (Wildman–Crippen LogP) is 5.47. The summed E-state index contributed by atoms with van der Waals surface area (Å²) in [4.78, 5) is 17.1. The first-order chi connectivity index (χ1) is 15.5. The van der Waals surface area contributed by atoms with Crippen LogP contribution in [0, 0.1) is 11.6 Å². The molecular weight excluding hydrogens is 432 g/mol. The Bertz CT molecular complexity index is 1230. The van der Waals surface area contributed by atoms with Crippen molar-refractivity contribution in [3.8, 4) is 28.3 Å². The van der Waals surface area contributed by atoms with Crippen molar-refractivity contribution in [2.45, 2.75) is 5.16 Å². The maximum Gasteiger partial charge on any atom is 0.210 e. The Balaban J connectivity index is 1.61. The van der Waals surface area contributed by atoms with E-state index in [1.807, 2.05) is 0 Å². The number of carbonyl (C=O) groups is 1. The largest absolute Gasteiger partial charge is 0.497 e. The normalized spacial score (nSPS) is 10.7. The fourth-order valence-electron chi connectivity index (χ4n) is 2.97. The van der Waals surface area contributed by atoms with E-state index in [1.54, 1.807) is 55.6 Å². The van der Waals surface area contributed by atoms with E-state index < -0.39 is 0 Å². The van der Waals surface area contributed by atoms with Crippen molar-refractivity contribution in [3.05, 3.63) is 90.0 Å². The van der Waals surface area contributed by atoms with Crippen LogP contribution >= 0.6 is 11.8 Å². The van der Waals surface area contributed by atoms with Gasteiger partial charge in [-0.15, -0.1) is 10.2 Å². The monoisotopic (exact) mass is 449 g/mol. The van der Waals surface area contributed by atoms with E-state index in [4.69, 9.17) is 4.74 Å². The van der Waals surface area contributed by atoms with Crippen LogP contribution < -0.4 is 4.74 Å². The second-order valence-electron chi connectivity index (χ2n) is 6.75. The number of aromatic nitrogens is 3. The topological polar surface area (TPSA) is 65.0 Å². The van der Waals surface area contributed by atoms with Crippen LogP contribution in [0.15, 0.2) is 78.0 Å². The van der Waals surface area contributed by atoms with Crippen LogP contribution in [0.2, 0.25) is 0 Å². The van der Waals surface area contributed by atoms with Gasteiger partial charge in [-0.1, -0.05) is 11.8 Å². The summed E-state index contributed by atoms with van der Waals surface area (Å²) < 4.78 is 31.9. The number of halogens is 2. The summed E-state index contributed by atoms with van der Waals surface area (Å²) in [6.45, 7) is 0. The van der Waals surface area contributed by atoms with Crippen LogP contribution in [0.25, 0.3) is 22.5 Å². The first kappa shape index (κ1) is 21.6. The highest BCUT2D eigenvalue weighted by atomic mass is 32.2. The Morgan fingerprint density at radius 1 is 0.812 bits per heavy atom. The third-order valence-electron chi connectivity index (χ3n) is 4.65. The van der Waals surface area contributed by atoms with E-state index in [-0.39, 0.29) is 23.2 Å². The zero-order valence-corrected chi connectivity index (χ0v) is 17.8. The van der Waals surface area contributed by atoms with Crippen molar-refractivity contribution >= 4 is 17.5 Å². The number of nitrogens with zero attached hydrogens (tertiary/aromatic N) is 3. The second kappa shape index (κ2) is 9.65. The SMILES string of the molecule is COc1ccc(C(=O)CSc2nnc(-c3ccc(F)cc3)c(-c3ccc(F)cc3)n2)cc1. The Kier molecular flexibility index (Phi) is 6.51. The molecule has 0 amide bonds. The van der Waals surface area contributed by atoms with Gasteiger partial charge in [-0.25, -0.2) is 13.8 Å². The lowest BCUT2D eigenvalue weighted by atomic mass is 10.0. The van der Waals surface area contributed by atoms with Crippen molar-refractivity contribution in [3.63, 3.8) is 0 Å². The molecule has 0 bridgehead atoms. The summed E-state index contributed by atoms with van der Waals surface area (Å²) >= 11 is 1.15. The van der Waals surface area contributed by atoms with Gasteiger partial charge in [0.05, 0.1) is 12.9 Å². The molecule has 3 aromatic carbocycles. The fourth-order valence-corrected chi connectivity index (χ4v) is 3.66. The second-order valence-corrected chi connectivity index (χ2v) is 7.69. The molecule has 5 nitrogen and oxygen atoms in total. The third kappa shape index (κ3) is 4.97. The number of Topliss-reactive ketones (excluding diaryl/α,β-unsaturated/α-hetero) is 1. The average Bonchev–Trinajstić information content (AvgIpc) is 2.83. The fraction of sp³-hybridized carbons (Fsp3) is 0.0833. The molecule has 4 aromatic rings. The number of hydrogen-bond acceptors (Lipinski definition) is 6. The summed E-state index contributed by atoms with van der Waals surface area (Å²) in [6, 6.07) is 18.5. The lowest BCUT2D eigenvalue weighted by Crippen LogP contribution is -2.05. The number of rotatable bonds is 7. The number of ether oxygens (including phenoxy) is 1. The molecule has 0 aliphatic rings. The lowest BCUT2D eigenvalue weighted by Gasteiger charge is -2.09. The van der Waals surface area contributed by atoms with Crippen LogP contribution in [0.3, 0.4) is 0 Å². The molecule has 0 saturated carbocycles. The van der Waals surface area contributed by atoms with Gasteiger partial charge < -0.3 is 4.74 Å². The van der Waals surface area contributed by atoms with Gasteiger partial charge in [0.1, 0.15) is 28.8 Å². The molecule has 0 saturated heterocycles. The number of thioether (sulfide) groups is 1. The van der Waals surface area contributed by atoms with E-state index in [0.717, 1.165) is 11.8 Å². The average molecular weight is 449 g/mol. The molecule has 8 heteroatoms. The molecule has 160 valence electrons. The molecule has 4 rings (SSSR count). The van der Waals surface area contributed by atoms with Gasteiger partial charge in [0.15, 0.2) is 5.78 Å². The van der Waals surface area contributed by atoms with E-state index in [2.05, 4.69) is 15.2 Å². The van der Waals surface area contributed by atoms with Crippen LogP contribution in [0.4, 0.5) is 8.78 Å². The van der Waals surface area contributed by atoms with Crippen LogP contribution in [-0.2, 0) is 0 Å². The van der Waals surface area contributed by atoms with Crippen molar-refractivity contribution < 1.29 is 18.3 Å². The highest BCUT2D eigenvalue weighted by molar-refractivity contribution is 7.99. The summed E-state index contributed by atoms with van der Waals surface area (Å²) in [7, 11) is 1.56. The van der Waals surface area contributed by atoms with Crippen molar-refractivity contribution in [1.29, 1.82) is 0 Å². The summed E-state index contributed by atoms with van der Waals surface area (Å²) in [5.74, 6) is -0.0532. The zero-order chi connectivity index (χ0) is 22.5. The van der Waals surface area contributed by atoms with E-state index in [1.165, 1.54) is 24.3 Å². The van der Waals surface area contributed by atoms with Gasteiger partial charge in [-0.2, -0.15) is 0 Å². The summed E-state index contributed by atoms with van der Waals surface area (Å²) in [5, 5.41) is 8.71. The quantitative estimate of drug-likeness (QED) is 0.275. The van der Waals surface area contributed by atoms with E-state index in [0.29, 0.717) is 39.0 Å². The standard InChI is InChI=1S/C24H17F2N3O2S/c1-31-20-12-6-15(7-13-20)21(30)14-32-24-27-22(16-2-8-18(25)9-3-16)23(28-29-24)17-4-10-19(26)11-5-17/h2-13H,14H2,1H3. The van der Waals surface area contributed by atoms with Crippen molar-refractivity contribution in [2.75, 3.05) is 12.9 Å². The van der Waals surface area contributed by atoms with Crippen molar-refractivity contribution in [1.82, 2.24) is 15.2 Å². The number of carbonyl (C=O) groups excluding carboxylic acids is 1. The minimum atomic E-state index is -0.376. The molecule has 0 fully saturated rings. The molecule has 0 atom stereocenters. The van der Waals surface area contributed by atoms with Crippen LogP contribution in [-0.4, -0.2) is 33.8 Å². The highest BCUT2D eigenvalue weighted by Crippen LogP contribution is 2.30. The number of benzene rings is 3. The molecule has 1 aromatic heterocycles. The minimum Gasteiger partial charge on any atom is -0.497 e. The molecule has 0 N–H and O–H groups in total. The maximum atomic E-state index is 13.4. The number of hydrogen-bond donors (Lipinski definition) is 0. The van der Waals surface area contributed by atoms with Gasteiger partial charge in [0.25, 0.3) is 0 Å². The van der Waals surface area contributed by atoms with Gasteiger partial charge in [0.2, 0.25) is 5.16 Å². The van der Waals surface area contributed by atoms with Gasteiger partial charge >= 0.3 is 0 Å². The predicted molar refractivity (Wildman–Crippen MR) is 119 cm³/mol. The van der Waals surface area contributed by atoms with E-state index >= 15 is 0 Å². The van der Waals surface area contributed by atoms with Gasteiger partial charge in [-0.05, 0) is 72.8 Å². The molecule has 32 heavy (non-hydrogen) atoms. The van der Waals surface area contributed by atoms with Gasteiger partial charge in [-0.3, -0.25) is 4.79 Å². The molecule has 0 aliphatic heterocycles. The Hall–Kier alpha value is -3.65. The molecule has 1 heterocycles. The summed E-state index contributed by atoms with van der Waals surface area (Å²) in [6.07, 6.45) is 0. The van der Waals surface area contributed by atoms with Crippen LogP contribution in [0.1, 0.15) is 10.4 Å². The number of methoxy groups -OCH3 is 1. The third-order valence-corrected chi connectivity index (χ3v) is 5.48. The minimum absolute atomic E-state index is 0.0906. The maximum absolute atomic E-state index is 13.4. The Morgan fingerprint density at radius 3 is 1.94 bits per heavy atom. The Labute approximate surface area is 187 Å². The summed E-state index contributed by atoms with van der Waals surface area (Å²) in [5.41, 5.74) is 2.70. The molecule has 0 aliphatic carbocycles. The molecule has 0 spiro atoms. The first-order valence-electron chi connectivity index (χ1n) is 9.60. The highest BCUT2D eigenvalue weighted by Gasteiger charge is 2.16. The van der Waals surface area contributed by atoms with Crippen LogP contribution in [0.5, 0.6) is 5.75 Å². The lowest BCUT2D eigenvalue weighted by molar-refractivity contribution is 0.102. The number of ketones is 1.